The number of carbonyl (C=O) groups is 2. The van der Waals surface area contributed by atoms with E-state index >= 15 is 0 Å². The summed E-state index contributed by atoms with van der Waals surface area (Å²) >= 11 is 6.16. The molecule has 0 aliphatic carbocycles. The van der Waals surface area contributed by atoms with Crippen LogP contribution in [0.15, 0.2) is 102 Å². The summed E-state index contributed by atoms with van der Waals surface area (Å²) in [6.45, 7) is 4.05. The number of hydrogen-bond donors (Lipinski definition) is 1. The largest absolute Gasteiger partial charge is 0.494 e. The van der Waals surface area contributed by atoms with Crippen LogP contribution in [0.25, 0.3) is 0 Å². The zero-order chi connectivity index (χ0) is 35.4. The molecule has 0 aromatic heterocycles. The Morgan fingerprint density at radius 3 is 2.12 bits per heavy atom. The molecule has 10 nitrogen and oxygen atoms in total. The number of anilines is 1. The van der Waals surface area contributed by atoms with Gasteiger partial charge in [-0.1, -0.05) is 61.0 Å². The predicted molar refractivity (Wildman–Crippen MR) is 191 cm³/mol. The highest BCUT2D eigenvalue weighted by Gasteiger charge is 2.35. The molecular weight excluding hydrogens is 666 g/mol. The molecule has 4 aromatic carbocycles. The molecule has 260 valence electrons. The third-order valence-corrected chi connectivity index (χ3v) is 9.77. The van der Waals surface area contributed by atoms with Crippen molar-refractivity contribution in [3.8, 4) is 17.2 Å². The van der Waals surface area contributed by atoms with Crippen LogP contribution < -0.4 is 23.8 Å². The molecule has 0 saturated carbocycles. The number of halogens is 1. The molecule has 1 N–H and O–H groups in total. The summed E-state index contributed by atoms with van der Waals surface area (Å²) in [6, 6.07) is 26.1. The van der Waals surface area contributed by atoms with Crippen molar-refractivity contribution in [2.75, 3.05) is 38.2 Å². The maximum atomic E-state index is 14.6. The highest BCUT2D eigenvalue weighted by molar-refractivity contribution is 7.92. The summed E-state index contributed by atoms with van der Waals surface area (Å²) < 4.78 is 46.2. The standard InChI is InChI=1S/C37H42ClN3O7S/c1-5-22-39-37(43)33(23-27-10-8-7-9-11-27)40(25-28-12-14-29(38)15-13-28)36(42)26-41(30-16-18-31(19-17-30)48-6-2)49(44,45)32-20-21-34(46-3)35(24-32)47-4/h7-21,24,33H,5-6,22-23,25-26H2,1-4H3,(H,39,43)/t33-/m0/s1. The van der Waals surface area contributed by atoms with Crippen molar-refractivity contribution >= 4 is 39.1 Å². The molecule has 4 aromatic rings. The second-order valence-corrected chi connectivity index (χ2v) is 13.4. The SMILES string of the molecule is CCCNC(=O)[C@H](Cc1ccccc1)N(Cc1ccc(Cl)cc1)C(=O)CN(c1ccc(OCC)cc1)S(=O)(=O)c1ccc(OC)c(OC)c1. The van der Waals surface area contributed by atoms with Crippen molar-refractivity contribution in [1.82, 2.24) is 10.2 Å². The van der Waals surface area contributed by atoms with E-state index in [-0.39, 0.29) is 35.2 Å². The van der Waals surface area contributed by atoms with Gasteiger partial charge in [-0.2, -0.15) is 0 Å². The highest BCUT2D eigenvalue weighted by Crippen LogP contribution is 2.33. The molecular formula is C37H42ClN3O7S. The van der Waals surface area contributed by atoms with Gasteiger partial charge < -0.3 is 24.4 Å². The van der Waals surface area contributed by atoms with E-state index in [1.165, 1.54) is 37.3 Å². The maximum absolute atomic E-state index is 14.6. The van der Waals surface area contributed by atoms with Gasteiger partial charge in [0, 0.05) is 30.6 Å². The van der Waals surface area contributed by atoms with Gasteiger partial charge in [0.2, 0.25) is 11.8 Å². The van der Waals surface area contributed by atoms with Gasteiger partial charge in [-0.05, 0) is 73.0 Å². The smallest absolute Gasteiger partial charge is 0.264 e. The molecule has 4 rings (SSSR count). The summed E-state index contributed by atoms with van der Waals surface area (Å²) in [6.07, 6.45) is 0.908. The van der Waals surface area contributed by atoms with E-state index in [0.717, 1.165) is 15.4 Å². The summed E-state index contributed by atoms with van der Waals surface area (Å²) in [5.74, 6) is 0.173. The van der Waals surface area contributed by atoms with Crippen molar-refractivity contribution in [3.63, 3.8) is 0 Å². The molecule has 0 saturated heterocycles. The van der Waals surface area contributed by atoms with Crippen molar-refractivity contribution < 1.29 is 32.2 Å². The van der Waals surface area contributed by atoms with E-state index in [1.807, 2.05) is 44.2 Å². The molecule has 0 unspecified atom stereocenters. The zero-order valence-corrected chi connectivity index (χ0v) is 29.7. The second kappa shape index (κ2) is 17.6. The van der Waals surface area contributed by atoms with E-state index in [0.29, 0.717) is 36.1 Å². The van der Waals surface area contributed by atoms with Gasteiger partial charge in [-0.25, -0.2) is 8.42 Å². The Kier molecular flexibility index (Phi) is 13.3. The number of nitrogens with zero attached hydrogens (tertiary/aromatic N) is 2. The average molecular weight is 708 g/mol. The number of methoxy groups -OCH3 is 2. The summed E-state index contributed by atoms with van der Waals surface area (Å²) in [5, 5.41) is 3.46. The molecule has 0 aliphatic rings. The number of sulfonamides is 1. The minimum atomic E-state index is -4.37. The fourth-order valence-corrected chi connectivity index (χ4v) is 6.77. The van der Waals surface area contributed by atoms with E-state index < -0.39 is 28.5 Å². The number of ether oxygens (including phenoxy) is 3. The second-order valence-electron chi connectivity index (χ2n) is 11.1. The fourth-order valence-electron chi connectivity index (χ4n) is 5.21. The Bertz CT molecular complexity index is 1790. The first-order valence-corrected chi connectivity index (χ1v) is 17.8. The normalized spacial score (nSPS) is 11.7. The average Bonchev–Trinajstić information content (AvgIpc) is 3.12. The first-order chi connectivity index (χ1) is 23.6. The Balaban J connectivity index is 1.82. The van der Waals surface area contributed by atoms with Gasteiger partial charge in [-0.15, -0.1) is 0 Å². The molecule has 0 fully saturated rings. The molecule has 0 radical (unpaired) electrons. The lowest BCUT2D eigenvalue weighted by Crippen LogP contribution is -2.53. The molecule has 1 atom stereocenters. The molecule has 0 heterocycles. The fraction of sp³-hybridized carbons (Fsp3) is 0.297. The van der Waals surface area contributed by atoms with Gasteiger partial charge in [0.15, 0.2) is 11.5 Å². The molecule has 0 bridgehead atoms. The van der Waals surface area contributed by atoms with Crippen LogP contribution in [-0.4, -0.2) is 65.1 Å². The van der Waals surface area contributed by atoms with E-state index in [1.54, 1.807) is 48.5 Å². The summed E-state index contributed by atoms with van der Waals surface area (Å²) in [4.78, 5) is 29.8. The third kappa shape index (κ3) is 9.67. The number of carbonyl (C=O) groups excluding carboxylic acids is 2. The molecule has 2 amide bonds. The quantitative estimate of drug-likeness (QED) is 0.141. The Morgan fingerprint density at radius 2 is 1.51 bits per heavy atom. The van der Waals surface area contributed by atoms with Crippen molar-refractivity contribution in [1.29, 1.82) is 0 Å². The van der Waals surface area contributed by atoms with Crippen LogP contribution in [0, 0.1) is 0 Å². The van der Waals surface area contributed by atoms with Crippen LogP contribution in [0.3, 0.4) is 0 Å². The number of rotatable bonds is 17. The first kappa shape index (κ1) is 37.1. The van der Waals surface area contributed by atoms with Crippen LogP contribution in [0.2, 0.25) is 5.02 Å². The lowest BCUT2D eigenvalue weighted by atomic mass is 10.0. The monoisotopic (exact) mass is 707 g/mol. The Labute approximate surface area is 293 Å². The lowest BCUT2D eigenvalue weighted by Gasteiger charge is -2.34. The summed E-state index contributed by atoms with van der Waals surface area (Å²) in [7, 11) is -1.51. The van der Waals surface area contributed by atoms with E-state index in [2.05, 4.69) is 5.32 Å². The van der Waals surface area contributed by atoms with Crippen LogP contribution in [0.5, 0.6) is 17.2 Å². The highest BCUT2D eigenvalue weighted by atomic mass is 35.5. The maximum Gasteiger partial charge on any atom is 0.264 e. The number of amides is 2. The predicted octanol–water partition coefficient (Wildman–Crippen LogP) is 6.12. The van der Waals surface area contributed by atoms with Gasteiger partial charge in [0.1, 0.15) is 18.3 Å². The van der Waals surface area contributed by atoms with Gasteiger partial charge in [0.25, 0.3) is 10.0 Å². The minimum absolute atomic E-state index is 0.0283. The summed E-state index contributed by atoms with van der Waals surface area (Å²) in [5.41, 5.74) is 1.79. The van der Waals surface area contributed by atoms with Crippen LogP contribution >= 0.6 is 11.6 Å². The van der Waals surface area contributed by atoms with Crippen molar-refractivity contribution in [2.45, 2.75) is 44.2 Å². The zero-order valence-electron chi connectivity index (χ0n) is 28.1. The molecule has 49 heavy (non-hydrogen) atoms. The van der Waals surface area contributed by atoms with Crippen molar-refractivity contribution in [2.24, 2.45) is 0 Å². The third-order valence-electron chi connectivity index (χ3n) is 7.74. The lowest BCUT2D eigenvalue weighted by molar-refractivity contribution is -0.140. The molecule has 0 spiro atoms. The van der Waals surface area contributed by atoms with E-state index in [9.17, 15) is 18.0 Å². The number of benzene rings is 4. The van der Waals surface area contributed by atoms with Gasteiger partial charge in [-0.3, -0.25) is 13.9 Å². The number of hydrogen-bond acceptors (Lipinski definition) is 7. The Morgan fingerprint density at radius 1 is 0.837 bits per heavy atom. The van der Waals surface area contributed by atoms with Crippen LogP contribution in [0.4, 0.5) is 5.69 Å². The first-order valence-electron chi connectivity index (χ1n) is 15.9. The number of nitrogens with one attached hydrogen (secondary N) is 1. The van der Waals surface area contributed by atoms with Crippen molar-refractivity contribution in [3.05, 3.63) is 113 Å². The van der Waals surface area contributed by atoms with Crippen LogP contribution in [-0.2, 0) is 32.6 Å². The van der Waals surface area contributed by atoms with Gasteiger partial charge >= 0.3 is 0 Å². The van der Waals surface area contributed by atoms with E-state index in [4.69, 9.17) is 25.8 Å². The Hall–Kier alpha value is -4.74. The van der Waals surface area contributed by atoms with Gasteiger partial charge in [0.05, 0.1) is 31.4 Å². The topological polar surface area (TPSA) is 114 Å². The van der Waals surface area contributed by atoms with Crippen LogP contribution in [0.1, 0.15) is 31.4 Å². The minimum Gasteiger partial charge on any atom is -0.494 e. The molecule has 12 heteroatoms. The molecule has 0 aliphatic heterocycles.